The molecule has 2 saturated heterocycles. The van der Waals surface area contributed by atoms with Crippen LogP contribution in [0.15, 0.2) is 34.9 Å². The van der Waals surface area contributed by atoms with Gasteiger partial charge in [0.15, 0.2) is 5.69 Å². The van der Waals surface area contributed by atoms with Crippen LogP contribution in [0.5, 0.6) is 0 Å². The Bertz CT molecular complexity index is 941. The molecule has 1 aromatic heterocycles. The van der Waals surface area contributed by atoms with Crippen LogP contribution >= 0.6 is 0 Å². The predicted molar refractivity (Wildman–Crippen MR) is 96.4 cm³/mol. The van der Waals surface area contributed by atoms with Gasteiger partial charge in [0, 0.05) is 24.2 Å². The van der Waals surface area contributed by atoms with Crippen molar-refractivity contribution in [3.05, 3.63) is 47.6 Å². The van der Waals surface area contributed by atoms with Crippen molar-refractivity contribution in [3.8, 4) is 0 Å². The van der Waals surface area contributed by atoms with E-state index in [0.29, 0.717) is 36.8 Å². The highest BCUT2D eigenvalue weighted by Crippen LogP contribution is 2.40. The van der Waals surface area contributed by atoms with Gasteiger partial charge in [0.05, 0.1) is 13.1 Å². The van der Waals surface area contributed by atoms with Gasteiger partial charge in [0.1, 0.15) is 23.8 Å². The van der Waals surface area contributed by atoms with Gasteiger partial charge >= 0.3 is 0 Å². The SMILES string of the molecule is O=C(c1cc(C2CC2)on1)N1CCC2(C1)CN(c1cccc(F)c1)C(=O)CO2. The first-order valence-corrected chi connectivity index (χ1v) is 9.49. The van der Waals surface area contributed by atoms with Crippen LogP contribution in [0.4, 0.5) is 10.1 Å². The zero-order chi connectivity index (χ0) is 19.3. The molecule has 0 bridgehead atoms. The summed E-state index contributed by atoms with van der Waals surface area (Å²) in [4.78, 5) is 28.4. The fraction of sp³-hybridized carbons (Fsp3) is 0.450. The standard InChI is InChI=1S/C20H20FN3O4/c21-14-2-1-3-15(8-14)24-12-20(27-10-18(24)25)6-7-23(11-20)19(26)16-9-17(28-22-16)13-4-5-13/h1-3,8-9,13H,4-7,10-12H2. The van der Waals surface area contributed by atoms with Gasteiger partial charge in [-0.25, -0.2) is 4.39 Å². The number of nitrogens with zero attached hydrogens (tertiary/aromatic N) is 3. The number of ether oxygens (including phenoxy) is 1. The van der Waals surface area contributed by atoms with E-state index in [2.05, 4.69) is 5.16 Å². The zero-order valence-electron chi connectivity index (χ0n) is 15.3. The number of benzene rings is 1. The molecular weight excluding hydrogens is 365 g/mol. The molecule has 1 spiro atoms. The number of rotatable bonds is 3. The van der Waals surface area contributed by atoms with Gasteiger partial charge in [-0.2, -0.15) is 0 Å². The van der Waals surface area contributed by atoms with Crippen LogP contribution in [-0.2, 0) is 9.53 Å². The van der Waals surface area contributed by atoms with Crippen molar-refractivity contribution < 1.29 is 23.2 Å². The molecule has 5 rings (SSSR count). The van der Waals surface area contributed by atoms with Crippen LogP contribution in [0.2, 0.25) is 0 Å². The molecule has 2 aliphatic heterocycles. The smallest absolute Gasteiger partial charge is 0.276 e. The third kappa shape index (κ3) is 3.07. The van der Waals surface area contributed by atoms with Crippen molar-refractivity contribution in [2.24, 2.45) is 0 Å². The molecule has 3 heterocycles. The molecule has 8 heteroatoms. The first kappa shape index (κ1) is 17.4. The average Bonchev–Trinajstić information content (AvgIpc) is 3.28. The lowest BCUT2D eigenvalue weighted by atomic mass is 10.00. The van der Waals surface area contributed by atoms with Gasteiger partial charge in [-0.3, -0.25) is 9.59 Å². The fourth-order valence-electron chi connectivity index (χ4n) is 3.97. The van der Waals surface area contributed by atoms with E-state index >= 15 is 0 Å². The highest BCUT2D eigenvalue weighted by Gasteiger charge is 2.47. The molecule has 1 aromatic carbocycles. The first-order valence-electron chi connectivity index (χ1n) is 9.49. The Labute approximate surface area is 161 Å². The first-order chi connectivity index (χ1) is 13.5. The largest absolute Gasteiger partial charge is 0.361 e. The summed E-state index contributed by atoms with van der Waals surface area (Å²) in [6, 6.07) is 7.69. The topological polar surface area (TPSA) is 75.9 Å². The van der Waals surface area contributed by atoms with Crippen LogP contribution in [0, 0.1) is 5.82 Å². The Morgan fingerprint density at radius 3 is 2.89 bits per heavy atom. The number of hydrogen-bond donors (Lipinski definition) is 0. The Morgan fingerprint density at radius 1 is 1.25 bits per heavy atom. The third-order valence-corrected chi connectivity index (χ3v) is 5.70. The minimum atomic E-state index is -0.654. The Balaban J connectivity index is 1.32. The summed E-state index contributed by atoms with van der Waals surface area (Å²) in [7, 11) is 0. The molecule has 146 valence electrons. The molecular formula is C20H20FN3O4. The highest BCUT2D eigenvalue weighted by molar-refractivity contribution is 5.95. The number of halogens is 1. The quantitative estimate of drug-likeness (QED) is 0.811. The van der Waals surface area contributed by atoms with E-state index in [1.54, 1.807) is 28.0 Å². The normalized spacial score (nSPS) is 25.0. The molecule has 1 saturated carbocycles. The third-order valence-electron chi connectivity index (χ3n) is 5.70. The van der Waals surface area contributed by atoms with E-state index in [4.69, 9.17) is 9.26 Å². The average molecular weight is 385 g/mol. The second-order valence-electron chi connectivity index (χ2n) is 7.80. The Kier molecular flexibility index (Phi) is 3.97. The second-order valence-corrected chi connectivity index (χ2v) is 7.80. The molecule has 2 aromatic rings. The molecule has 1 unspecified atom stereocenters. The maximum Gasteiger partial charge on any atom is 0.276 e. The van der Waals surface area contributed by atoms with Gasteiger partial charge in [0.2, 0.25) is 0 Å². The van der Waals surface area contributed by atoms with E-state index in [9.17, 15) is 14.0 Å². The van der Waals surface area contributed by atoms with Gasteiger partial charge < -0.3 is 19.1 Å². The number of morpholine rings is 1. The summed E-state index contributed by atoms with van der Waals surface area (Å²) in [5.74, 6) is 0.365. The predicted octanol–water partition coefficient (Wildman–Crippen LogP) is 2.34. The van der Waals surface area contributed by atoms with Crippen LogP contribution in [0.1, 0.15) is 41.4 Å². The van der Waals surface area contributed by atoms with E-state index in [1.807, 2.05) is 0 Å². The highest BCUT2D eigenvalue weighted by atomic mass is 19.1. The van der Waals surface area contributed by atoms with Gasteiger partial charge in [-0.15, -0.1) is 0 Å². The molecule has 28 heavy (non-hydrogen) atoms. The molecule has 7 nitrogen and oxygen atoms in total. The number of carbonyl (C=O) groups is 2. The van der Waals surface area contributed by atoms with Crippen molar-refractivity contribution in [1.29, 1.82) is 0 Å². The summed E-state index contributed by atoms with van der Waals surface area (Å²) in [5.41, 5.74) is 0.162. The van der Waals surface area contributed by atoms with E-state index in [0.717, 1.165) is 18.6 Å². The lowest BCUT2D eigenvalue weighted by Crippen LogP contribution is -2.56. The van der Waals surface area contributed by atoms with Gasteiger partial charge in [-0.05, 0) is 37.5 Å². The Morgan fingerprint density at radius 2 is 2.11 bits per heavy atom. The molecule has 0 N–H and O–H groups in total. The maximum absolute atomic E-state index is 13.6. The van der Waals surface area contributed by atoms with Crippen molar-refractivity contribution in [2.75, 3.05) is 31.1 Å². The number of anilines is 1. The van der Waals surface area contributed by atoms with Crippen molar-refractivity contribution in [3.63, 3.8) is 0 Å². The molecule has 1 aliphatic carbocycles. The summed E-state index contributed by atoms with van der Waals surface area (Å²) in [5, 5.41) is 3.93. The van der Waals surface area contributed by atoms with Crippen molar-refractivity contribution in [2.45, 2.75) is 30.8 Å². The number of aromatic nitrogens is 1. The summed E-state index contributed by atoms with van der Waals surface area (Å²) >= 11 is 0. The summed E-state index contributed by atoms with van der Waals surface area (Å²) < 4.78 is 24.8. The minimum absolute atomic E-state index is 0.0890. The van der Waals surface area contributed by atoms with E-state index in [1.165, 1.54) is 12.1 Å². The second kappa shape index (κ2) is 6.41. The van der Waals surface area contributed by atoms with Crippen molar-refractivity contribution >= 4 is 17.5 Å². The van der Waals surface area contributed by atoms with E-state index < -0.39 is 11.4 Å². The summed E-state index contributed by atoms with van der Waals surface area (Å²) in [6.07, 6.45) is 2.76. The van der Waals surface area contributed by atoms with Crippen LogP contribution < -0.4 is 4.90 Å². The maximum atomic E-state index is 13.6. The zero-order valence-corrected chi connectivity index (χ0v) is 15.3. The number of likely N-dealkylation sites (tertiary alicyclic amines) is 1. The van der Waals surface area contributed by atoms with Crippen LogP contribution in [-0.4, -0.2) is 53.7 Å². The molecule has 3 aliphatic rings. The number of amides is 2. The number of hydrogen-bond acceptors (Lipinski definition) is 5. The number of carbonyl (C=O) groups excluding carboxylic acids is 2. The van der Waals surface area contributed by atoms with Crippen LogP contribution in [0.25, 0.3) is 0 Å². The minimum Gasteiger partial charge on any atom is -0.361 e. The van der Waals surface area contributed by atoms with Crippen LogP contribution in [0.3, 0.4) is 0 Å². The lowest BCUT2D eigenvalue weighted by molar-refractivity contribution is -0.137. The monoisotopic (exact) mass is 385 g/mol. The van der Waals surface area contributed by atoms with Gasteiger partial charge in [0.25, 0.3) is 11.8 Å². The Hall–Kier alpha value is -2.74. The summed E-state index contributed by atoms with van der Waals surface area (Å²) in [6.45, 7) is 1.06. The van der Waals surface area contributed by atoms with Crippen molar-refractivity contribution in [1.82, 2.24) is 10.1 Å². The molecule has 3 fully saturated rings. The lowest BCUT2D eigenvalue weighted by Gasteiger charge is -2.40. The molecule has 2 amide bonds. The molecule has 1 atom stereocenters. The van der Waals surface area contributed by atoms with E-state index in [-0.39, 0.29) is 25.0 Å². The fourth-order valence-corrected chi connectivity index (χ4v) is 3.97. The molecule has 0 radical (unpaired) electrons. The van der Waals surface area contributed by atoms with Gasteiger partial charge in [-0.1, -0.05) is 11.2 Å².